The van der Waals surface area contributed by atoms with E-state index >= 15 is 0 Å². The molecule has 1 unspecified atom stereocenters. The van der Waals surface area contributed by atoms with Gasteiger partial charge in [0.05, 0.1) is 0 Å². The van der Waals surface area contributed by atoms with E-state index < -0.39 is 20.0 Å². The fraction of sp³-hybridized carbons (Fsp3) is 0.571. The van der Waals surface area contributed by atoms with Crippen LogP contribution in [0.1, 0.15) is 19.3 Å². The monoisotopic (exact) mass is 397 g/mol. The maximum absolute atomic E-state index is 13.0. The van der Waals surface area contributed by atoms with E-state index in [1.807, 2.05) is 0 Å². The van der Waals surface area contributed by atoms with Gasteiger partial charge >= 0.3 is 0 Å². The minimum absolute atomic E-state index is 0. The molecule has 1 heterocycles. The quantitative estimate of drug-likeness (QED) is 0.794. The first kappa shape index (κ1) is 21.3. The first-order chi connectivity index (χ1) is 10.7. The van der Waals surface area contributed by atoms with Gasteiger partial charge in [0.2, 0.25) is 20.0 Å². The zero-order valence-corrected chi connectivity index (χ0v) is 16.2. The Balaban J connectivity index is 0.00000288. The van der Waals surface area contributed by atoms with Crippen LogP contribution in [0.15, 0.2) is 34.1 Å². The van der Waals surface area contributed by atoms with Crippen LogP contribution >= 0.6 is 12.4 Å². The Kier molecular flexibility index (Phi) is 7.21. The molecule has 0 amide bonds. The molecule has 0 radical (unpaired) electrons. The standard InChI is InChI=1S/C14H23N3O4S2.ClH/c1-16(2)22(18,19)13-8-3-4-9-14(13)23(20,21)17-10-6-5-7-12(17)11-15;/h3-4,8-9,12H,5-7,10-11,15H2,1-2H3;1H. The van der Waals surface area contributed by atoms with E-state index in [4.69, 9.17) is 5.73 Å². The van der Waals surface area contributed by atoms with E-state index in [0.717, 1.165) is 17.1 Å². The van der Waals surface area contributed by atoms with Crippen LogP contribution in [0.25, 0.3) is 0 Å². The highest BCUT2D eigenvalue weighted by atomic mass is 35.5. The fourth-order valence-corrected chi connectivity index (χ4v) is 6.10. The number of hydrogen-bond acceptors (Lipinski definition) is 5. The van der Waals surface area contributed by atoms with Gasteiger partial charge in [0, 0.05) is 33.2 Å². The third kappa shape index (κ3) is 3.92. The van der Waals surface area contributed by atoms with E-state index in [1.54, 1.807) is 0 Å². The summed E-state index contributed by atoms with van der Waals surface area (Å²) < 4.78 is 53.3. The topological polar surface area (TPSA) is 101 Å². The summed E-state index contributed by atoms with van der Waals surface area (Å²) in [6, 6.07) is 5.43. The average molecular weight is 398 g/mol. The lowest BCUT2D eigenvalue weighted by Crippen LogP contribution is -2.47. The summed E-state index contributed by atoms with van der Waals surface area (Å²) in [4.78, 5) is -0.389. The van der Waals surface area contributed by atoms with Crippen molar-refractivity contribution in [3.05, 3.63) is 24.3 Å². The van der Waals surface area contributed by atoms with E-state index in [0.29, 0.717) is 13.0 Å². The molecule has 24 heavy (non-hydrogen) atoms. The first-order valence-corrected chi connectivity index (χ1v) is 10.3. The van der Waals surface area contributed by atoms with Crippen LogP contribution < -0.4 is 5.73 Å². The molecule has 0 bridgehead atoms. The normalized spacial score (nSPS) is 19.9. The van der Waals surface area contributed by atoms with Crippen LogP contribution in [0.5, 0.6) is 0 Å². The molecule has 1 aliphatic heterocycles. The van der Waals surface area contributed by atoms with Crippen LogP contribution in [0.2, 0.25) is 0 Å². The predicted molar refractivity (Wildman–Crippen MR) is 95.1 cm³/mol. The van der Waals surface area contributed by atoms with Gasteiger partial charge in [0.1, 0.15) is 9.79 Å². The van der Waals surface area contributed by atoms with E-state index in [1.165, 1.54) is 42.7 Å². The molecule has 7 nitrogen and oxygen atoms in total. The van der Waals surface area contributed by atoms with Crippen LogP contribution in [-0.2, 0) is 20.0 Å². The van der Waals surface area contributed by atoms with Crippen molar-refractivity contribution in [2.45, 2.75) is 35.1 Å². The second-order valence-electron chi connectivity index (χ2n) is 5.74. The molecule has 0 spiro atoms. The molecule has 138 valence electrons. The van der Waals surface area contributed by atoms with E-state index in [9.17, 15) is 16.8 Å². The van der Waals surface area contributed by atoms with Gasteiger partial charge in [-0.25, -0.2) is 21.1 Å². The summed E-state index contributed by atoms with van der Waals surface area (Å²) in [7, 11) is -5.03. The summed E-state index contributed by atoms with van der Waals surface area (Å²) >= 11 is 0. The number of benzene rings is 1. The maximum atomic E-state index is 13.0. The van der Waals surface area contributed by atoms with Crippen molar-refractivity contribution in [1.29, 1.82) is 0 Å². The molecule has 0 saturated carbocycles. The Morgan fingerprint density at radius 1 is 1.12 bits per heavy atom. The molecule has 1 aromatic rings. The maximum Gasteiger partial charge on any atom is 0.244 e. The zero-order valence-electron chi connectivity index (χ0n) is 13.8. The summed E-state index contributed by atoms with van der Waals surface area (Å²) in [5.41, 5.74) is 5.71. The number of nitrogens with zero attached hydrogens (tertiary/aromatic N) is 2. The molecule has 0 aliphatic carbocycles. The fourth-order valence-electron chi connectivity index (χ4n) is 2.73. The SMILES string of the molecule is CN(C)S(=O)(=O)c1ccccc1S(=O)(=O)N1CCCCC1CN.Cl. The second kappa shape index (κ2) is 8.11. The van der Waals surface area contributed by atoms with Gasteiger partial charge in [0.25, 0.3) is 0 Å². The molecule has 1 aliphatic rings. The van der Waals surface area contributed by atoms with Crippen molar-refractivity contribution in [3.63, 3.8) is 0 Å². The minimum Gasteiger partial charge on any atom is -0.329 e. The Morgan fingerprint density at radius 3 is 2.25 bits per heavy atom. The van der Waals surface area contributed by atoms with E-state index in [-0.39, 0.29) is 34.8 Å². The van der Waals surface area contributed by atoms with Crippen LogP contribution in [0.3, 0.4) is 0 Å². The summed E-state index contributed by atoms with van der Waals surface area (Å²) in [6.45, 7) is 0.586. The number of rotatable bonds is 5. The van der Waals surface area contributed by atoms with Crippen LogP contribution in [-0.4, -0.2) is 58.7 Å². The molecule has 1 aromatic carbocycles. The molecule has 2 rings (SSSR count). The number of piperidine rings is 1. The predicted octanol–water partition coefficient (Wildman–Crippen LogP) is 0.861. The lowest BCUT2D eigenvalue weighted by atomic mass is 10.1. The molecule has 0 aromatic heterocycles. The van der Waals surface area contributed by atoms with Gasteiger partial charge in [-0.05, 0) is 25.0 Å². The number of sulfonamides is 2. The summed E-state index contributed by atoms with van der Waals surface area (Å²) in [5, 5.41) is 0. The Bertz CT molecular complexity index is 766. The lowest BCUT2D eigenvalue weighted by molar-refractivity contribution is 0.257. The highest BCUT2D eigenvalue weighted by Crippen LogP contribution is 2.29. The van der Waals surface area contributed by atoms with Gasteiger partial charge < -0.3 is 5.73 Å². The molecule has 10 heteroatoms. The van der Waals surface area contributed by atoms with Gasteiger partial charge in [-0.2, -0.15) is 4.31 Å². The van der Waals surface area contributed by atoms with E-state index in [2.05, 4.69) is 0 Å². The number of halogens is 1. The van der Waals surface area contributed by atoms with Crippen molar-refractivity contribution in [3.8, 4) is 0 Å². The van der Waals surface area contributed by atoms with Gasteiger partial charge in [0.15, 0.2) is 0 Å². The summed E-state index contributed by atoms with van der Waals surface area (Å²) in [5.74, 6) is 0. The van der Waals surface area contributed by atoms with Gasteiger partial charge in [-0.3, -0.25) is 0 Å². The van der Waals surface area contributed by atoms with Crippen molar-refractivity contribution in [2.75, 3.05) is 27.2 Å². The molecular weight excluding hydrogens is 374 g/mol. The smallest absolute Gasteiger partial charge is 0.244 e. The molecule has 1 saturated heterocycles. The highest BCUT2D eigenvalue weighted by molar-refractivity contribution is 7.92. The van der Waals surface area contributed by atoms with Crippen molar-refractivity contribution >= 4 is 32.5 Å². The van der Waals surface area contributed by atoms with Crippen LogP contribution in [0.4, 0.5) is 0 Å². The highest BCUT2D eigenvalue weighted by Gasteiger charge is 2.36. The molecule has 1 fully saturated rings. The zero-order chi connectivity index (χ0) is 17.3. The van der Waals surface area contributed by atoms with Gasteiger partial charge in [-0.15, -0.1) is 12.4 Å². The lowest BCUT2D eigenvalue weighted by Gasteiger charge is -2.34. The summed E-state index contributed by atoms with van der Waals surface area (Å²) in [6.07, 6.45) is 2.36. The Labute approximate surface area is 150 Å². The largest absolute Gasteiger partial charge is 0.329 e. The average Bonchev–Trinajstić information content (AvgIpc) is 2.54. The Hall–Kier alpha value is -0.710. The van der Waals surface area contributed by atoms with Crippen molar-refractivity contribution in [1.82, 2.24) is 8.61 Å². The molecule has 2 N–H and O–H groups in total. The minimum atomic E-state index is -3.92. The van der Waals surface area contributed by atoms with Gasteiger partial charge in [-0.1, -0.05) is 18.6 Å². The molecular formula is C14H24ClN3O4S2. The Morgan fingerprint density at radius 2 is 1.71 bits per heavy atom. The van der Waals surface area contributed by atoms with Crippen molar-refractivity contribution in [2.24, 2.45) is 5.73 Å². The first-order valence-electron chi connectivity index (χ1n) is 7.46. The third-order valence-corrected chi connectivity index (χ3v) is 8.05. The third-order valence-electron chi connectivity index (χ3n) is 4.04. The van der Waals surface area contributed by atoms with Crippen molar-refractivity contribution < 1.29 is 16.8 Å². The number of nitrogens with two attached hydrogens (primary N) is 1. The number of hydrogen-bond donors (Lipinski definition) is 1. The molecule has 1 atom stereocenters. The second-order valence-corrected chi connectivity index (χ2v) is 9.71. The van der Waals surface area contributed by atoms with Crippen LogP contribution in [0, 0.1) is 0 Å².